The molecule has 1 heterocycles. The first-order valence-corrected chi connectivity index (χ1v) is 6.74. The highest BCUT2D eigenvalue weighted by atomic mass is 79.9. The van der Waals surface area contributed by atoms with Crippen LogP contribution in [0, 0.1) is 13.8 Å². The van der Waals surface area contributed by atoms with Crippen LogP contribution in [-0.2, 0) is 0 Å². The van der Waals surface area contributed by atoms with Crippen LogP contribution in [0.4, 0.5) is 0 Å². The number of hydrogen-bond donors (Lipinski definition) is 2. The molecule has 1 aromatic carbocycles. The maximum absolute atomic E-state index is 9.42. The molecule has 6 heteroatoms. The van der Waals surface area contributed by atoms with E-state index in [1.165, 1.54) is 0 Å². The maximum Gasteiger partial charge on any atom is 0.246 e. The maximum atomic E-state index is 9.42. The van der Waals surface area contributed by atoms with Crippen LogP contribution in [0.15, 0.2) is 21.1 Å². The number of rotatable bonds is 3. The molecule has 3 N–H and O–H groups in total. The van der Waals surface area contributed by atoms with Crippen molar-refractivity contribution in [1.82, 2.24) is 10.1 Å². The third-order valence-electron chi connectivity index (χ3n) is 2.94. The van der Waals surface area contributed by atoms with Crippen LogP contribution in [0.5, 0.6) is 0 Å². The lowest BCUT2D eigenvalue weighted by molar-refractivity contribution is 0.146. The van der Waals surface area contributed by atoms with Gasteiger partial charge in [0.05, 0.1) is 6.10 Å². The first-order chi connectivity index (χ1) is 8.90. The molecule has 2 atom stereocenters. The Labute approximate surface area is 119 Å². The van der Waals surface area contributed by atoms with Gasteiger partial charge >= 0.3 is 0 Å². The van der Waals surface area contributed by atoms with Crippen molar-refractivity contribution in [2.75, 3.05) is 0 Å². The van der Waals surface area contributed by atoms with E-state index in [1.54, 1.807) is 6.92 Å². The van der Waals surface area contributed by atoms with Gasteiger partial charge in [0.2, 0.25) is 11.7 Å². The summed E-state index contributed by atoms with van der Waals surface area (Å²) in [5, 5.41) is 13.3. The smallest absolute Gasteiger partial charge is 0.246 e. The number of aryl methyl sites for hydroxylation is 2. The molecule has 0 unspecified atom stereocenters. The average molecular weight is 326 g/mol. The van der Waals surface area contributed by atoms with Crippen molar-refractivity contribution in [3.63, 3.8) is 0 Å². The highest BCUT2D eigenvalue weighted by Crippen LogP contribution is 2.27. The fraction of sp³-hybridized carbons (Fsp3) is 0.385. The Balaban J connectivity index is 2.38. The second-order valence-electron chi connectivity index (χ2n) is 4.65. The highest BCUT2D eigenvalue weighted by Gasteiger charge is 2.20. The first-order valence-electron chi connectivity index (χ1n) is 5.94. The molecule has 5 nitrogen and oxygen atoms in total. The number of nitrogens with two attached hydrogens (primary N) is 1. The Morgan fingerprint density at radius 3 is 2.42 bits per heavy atom. The van der Waals surface area contributed by atoms with Crippen molar-refractivity contribution in [3.8, 4) is 11.4 Å². The number of benzene rings is 1. The molecule has 0 bridgehead atoms. The summed E-state index contributed by atoms with van der Waals surface area (Å²) in [5.74, 6) is 0.716. The molecule has 0 amide bonds. The summed E-state index contributed by atoms with van der Waals surface area (Å²) >= 11 is 3.52. The minimum absolute atomic E-state index is 0.239. The SMILES string of the molecule is Cc1cc(-c2noc([C@@H](N)[C@@H](C)O)n2)cc(C)c1Br. The van der Waals surface area contributed by atoms with Crippen molar-refractivity contribution in [1.29, 1.82) is 0 Å². The summed E-state index contributed by atoms with van der Waals surface area (Å²) in [6.07, 6.45) is -0.735. The van der Waals surface area contributed by atoms with Crippen molar-refractivity contribution >= 4 is 15.9 Å². The van der Waals surface area contributed by atoms with Gasteiger partial charge in [0, 0.05) is 10.0 Å². The van der Waals surface area contributed by atoms with Crippen LogP contribution in [-0.4, -0.2) is 21.4 Å². The van der Waals surface area contributed by atoms with Gasteiger partial charge in [0.1, 0.15) is 6.04 Å². The van der Waals surface area contributed by atoms with E-state index in [9.17, 15) is 5.11 Å². The molecular weight excluding hydrogens is 310 g/mol. The summed E-state index contributed by atoms with van der Waals surface area (Å²) in [4.78, 5) is 4.24. The Kier molecular flexibility index (Phi) is 4.03. The van der Waals surface area contributed by atoms with Gasteiger partial charge in [-0.1, -0.05) is 21.1 Å². The molecule has 0 aliphatic rings. The summed E-state index contributed by atoms with van der Waals surface area (Å²) in [5.41, 5.74) is 8.82. The first kappa shape index (κ1) is 14.2. The zero-order chi connectivity index (χ0) is 14.2. The molecule has 19 heavy (non-hydrogen) atoms. The lowest BCUT2D eigenvalue weighted by Gasteiger charge is -2.08. The topological polar surface area (TPSA) is 85.2 Å². The van der Waals surface area contributed by atoms with Crippen molar-refractivity contribution in [3.05, 3.63) is 33.6 Å². The van der Waals surface area contributed by atoms with E-state index >= 15 is 0 Å². The summed E-state index contributed by atoms with van der Waals surface area (Å²) in [6, 6.07) is 3.28. The van der Waals surface area contributed by atoms with Gasteiger partial charge in [-0.05, 0) is 44.0 Å². The number of nitrogens with zero attached hydrogens (tertiary/aromatic N) is 2. The molecule has 1 aromatic heterocycles. The van der Waals surface area contributed by atoms with Gasteiger partial charge in [-0.15, -0.1) is 0 Å². The molecule has 0 fully saturated rings. The van der Waals surface area contributed by atoms with E-state index < -0.39 is 12.1 Å². The van der Waals surface area contributed by atoms with Crippen molar-refractivity contribution in [2.45, 2.75) is 32.9 Å². The van der Waals surface area contributed by atoms with Crippen LogP contribution in [0.25, 0.3) is 11.4 Å². The molecule has 0 aliphatic carbocycles. The number of hydrogen-bond acceptors (Lipinski definition) is 5. The van der Waals surface area contributed by atoms with Gasteiger partial charge in [-0.25, -0.2) is 0 Å². The van der Waals surface area contributed by atoms with Crippen LogP contribution in [0.3, 0.4) is 0 Å². The minimum atomic E-state index is -0.735. The van der Waals surface area contributed by atoms with Gasteiger partial charge < -0.3 is 15.4 Å². The fourth-order valence-corrected chi connectivity index (χ4v) is 2.00. The third-order valence-corrected chi connectivity index (χ3v) is 4.19. The van der Waals surface area contributed by atoms with Crippen LogP contribution in [0.1, 0.15) is 30.0 Å². The van der Waals surface area contributed by atoms with E-state index in [-0.39, 0.29) is 5.89 Å². The fourth-order valence-electron chi connectivity index (χ4n) is 1.77. The van der Waals surface area contributed by atoms with E-state index in [1.807, 2.05) is 26.0 Å². The van der Waals surface area contributed by atoms with E-state index in [0.29, 0.717) is 5.82 Å². The van der Waals surface area contributed by atoms with Crippen LogP contribution >= 0.6 is 15.9 Å². The van der Waals surface area contributed by atoms with E-state index in [4.69, 9.17) is 10.3 Å². The zero-order valence-corrected chi connectivity index (χ0v) is 12.6. The number of aromatic nitrogens is 2. The van der Waals surface area contributed by atoms with E-state index in [2.05, 4.69) is 26.1 Å². The summed E-state index contributed by atoms with van der Waals surface area (Å²) < 4.78 is 6.16. The minimum Gasteiger partial charge on any atom is -0.391 e. The molecule has 2 rings (SSSR count). The summed E-state index contributed by atoms with van der Waals surface area (Å²) in [6.45, 7) is 5.59. The molecule has 0 aliphatic heterocycles. The molecule has 102 valence electrons. The molecule has 2 aromatic rings. The standard InChI is InChI=1S/C13H16BrN3O2/c1-6-4-9(5-7(2)10(6)14)12-16-13(19-17-12)11(15)8(3)18/h4-5,8,11,18H,15H2,1-3H3/t8-,11+/m1/s1. The van der Waals surface area contributed by atoms with Gasteiger partial charge in [0.25, 0.3) is 0 Å². The lowest BCUT2D eigenvalue weighted by Crippen LogP contribution is -2.23. The predicted molar refractivity (Wildman–Crippen MR) is 75.5 cm³/mol. The van der Waals surface area contributed by atoms with Gasteiger partial charge in [0.15, 0.2) is 0 Å². The Morgan fingerprint density at radius 1 is 1.32 bits per heavy atom. The average Bonchev–Trinajstić information content (AvgIpc) is 2.83. The number of halogens is 1. The largest absolute Gasteiger partial charge is 0.391 e. The zero-order valence-electron chi connectivity index (χ0n) is 11.0. The predicted octanol–water partition coefficient (Wildman–Crippen LogP) is 2.50. The van der Waals surface area contributed by atoms with Crippen molar-refractivity contribution in [2.24, 2.45) is 5.73 Å². The highest BCUT2D eigenvalue weighted by molar-refractivity contribution is 9.10. The molecule has 0 spiro atoms. The Bertz CT molecular complexity index is 572. The Morgan fingerprint density at radius 2 is 1.89 bits per heavy atom. The monoisotopic (exact) mass is 325 g/mol. The third kappa shape index (κ3) is 2.86. The van der Waals surface area contributed by atoms with Gasteiger partial charge in [-0.3, -0.25) is 0 Å². The lowest BCUT2D eigenvalue weighted by atomic mass is 10.1. The second kappa shape index (κ2) is 5.40. The normalized spacial score (nSPS) is 14.4. The van der Waals surface area contributed by atoms with Crippen LogP contribution < -0.4 is 5.73 Å². The second-order valence-corrected chi connectivity index (χ2v) is 5.44. The van der Waals surface area contributed by atoms with Crippen LogP contribution in [0.2, 0.25) is 0 Å². The van der Waals surface area contributed by atoms with Crippen molar-refractivity contribution < 1.29 is 9.63 Å². The Hall–Kier alpha value is -1.24. The number of aliphatic hydroxyl groups is 1. The molecule has 0 saturated heterocycles. The molecule has 0 radical (unpaired) electrons. The number of aliphatic hydroxyl groups excluding tert-OH is 1. The van der Waals surface area contributed by atoms with Gasteiger partial charge in [-0.2, -0.15) is 4.98 Å². The molecular formula is C13H16BrN3O2. The molecule has 0 saturated carbocycles. The summed E-state index contributed by atoms with van der Waals surface area (Å²) in [7, 11) is 0. The van der Waals surface area contributed by atoms with E-state index in [0.717, 1.165) is 21.2 Å². The quantitative estimate of drug-likeness (QED) is 0.905.